The van der Waals surface area contributed by atoms with Gasteiger partial charge in [-0.2, -0.15) is 52.7 Å². The second kappa shape index (κ2) is 8.86. The predicted molar refractivity (Wildman–Crippen MR) is 91.2 cm³/mol. The van der Waals surface area contributed by atoms with Gasteiger partial charge in [-0.15, -0.1) is 0 Å². The number of hydrogen-bond donors (Lipinski definition) is 2. The molecule has 34 heavy (non-hydrogen) atoms. The van der Waals surface area contributed by atoms with Crippen LogP contribution in [0.4, 0.5) is 52.7 Å². The van der Waals surface area contributed by atoms with Gasteiger partial charge in [0.25, 0.3) is 11.2 Å². The lowest BCUT2D eigenvalue weighted by atomic mass is 9.68. The Morgan fingerprint density at radius 3 is 1.44 bits per heavy atom. The van der Waals surface area contributed by atoms with Gasteiger partial charge in [-0.05, 0) is 62.7 Å². The van der Waals surface area contributed by atoms with Crippen molar-refractivity contribution in [1.29, 1.82) is 0 Å². The summed E-state index contributed by atoms with van der Waals surface area (Å²) in [6.07, 6.45) is -31.3. The number of ether oxygens (including phenoxy) is 1. The summed E-state index contributed by atoms with van der Waals surface area (Å²) in [5.41, 5.74) is -10.7. The van der Waals surface area contributed by atoms with Gasteiger partial charge in [-0.3, -0.25) is 0 Å². The molecule has 0 heterocycles. The van der Waals surface area contributed by atoms with Crippen molar-refractivity contribution in [2.75, 3.05) is 0 Å². The van der Waals surface area contributed by atoms with E-state index in [0.29, 0.717) is 6.42 Å². The van der Waals surface area contributed by atoms with Gasteiger partial charge in [0.2, 0.25) is 0 Å². The highest BCUT2D eigenvalue weighted by molar-refractivity contribution is 5.09. The Bertz CT molecular complexity index is 683. The van der Waals surface area contributed by atoms with E-state index in [1.165, 1.54) is 6.92 Å². The molecular weight excluding hydrogens is 504 g/mol. The fraction of sp³-hybridized carbons (Fsp3) is 1.00. The van der Waals surface area contributed by atoms with Gasteiger partial charge < -0.3 is 14.9 Å². The van der Waals surface area contributed by atoms with Crippen LogP contribution < -0.4 is 0 Å². The van der Waals surface area contributed by atoms with Crippen molar-refractivity contribution in [2.45, 2.75) is 94.1 Å². The van der Waals surface area contributed by atoms with Gasteiger partial charge >= 0.3 is 24.7 Å². The molecule has 0 aromatic carbocycles. The lowest BCUT2D eigenvalue weighted by Crippen LogP contribution is -2.61. The Kier molecular flexibility index (Phi) is 7.62. The molecule has 202 valence electrons. The SMILES string of the molecule is CCC(C)OC1CC2CC1C(CC(O)(C(F)(F)F)C(F)(F)F)C2CC(O)(C(F)(F)F)C(F)(F)F. The van der Waals surface area contributed by atoms with Crippen molar-refractivity contribution in [3.8, 4) is 0 Å². The average molecular weight is 528 g/mol. The molecule has 2 aliphatic carbocycles. The first kappa shape index (κ1) is 29.3. The molecule has 0 aromatic heterocycles. The minimum Gasteiger partial charge on any atom is -0.375 e. The summed E-state index contributed by atoms with van der Waals surface area (Å²) in [6.45, 7) is 3.18. The van der Waals surface area contributed by atoms with Gasteiger partial charge in [-0.1, -0.05) is 6.92 Å². The molecule has 0 aromatic rings. The molecule has 15 heteroatoms. The van der Waals surface area contributed by atoms with E-state index in [4.69, 9.17) is 4.74 Å². The third-order valence-corrected chi connectivity index (χ3v) is 7.21. The van der Waals surface area contributed by atoms with E-state index < -0.39 is 84.6 Å². The largest absolute Gasteiger partial charge is 0.426 e. The summed E-state index contributed by atoms with van der Waals surface area (Å²) in [6, 6.07) is 0. The Morgan fingerprint density at radius 2 is 1.09 bits per heavy atom. The highest BCUT2D eigenvalue weighted by Crippen LogP contribution is 2.62. The molecular formula is C19H24F12O3. The summed E-state index contributed by atoms with van der Waals surface area (Å²) < 4.78 is 165. The quantitative estimate of drug-likeness (QED) is 0.403. The Balaban J connectivity index is 2.52. The Hall–Kier alpha value is -0.960. The van der Waals surface area contributed by atoms with Crippen molar-refractivity contribution in [3.63, 3.8) is 0 Å². The predicted octanol–water partition coefficient (Wildman–Crippen LogP) is 5.93. The molecule has 0 aliphatic heterocycles. The second-order valence-corrected chi connectivity index (χ2v) is 9.24. The summed E-state index contributed by atoms with van der Waals surface area (Å²) in [4.78, 5) is 0. The third kappa shape index (κ3) is 4.97. The van der Waals surface area contributed by atoms with Crippen molar-refractivity contribution in [2.24, 2.45) is 23.7 Å². The van der Waals surface area contributed by atoms with E-state index in [1.807, 2.05) is 0 Å². The molecule has 2 saturated carbocycles. The van der Waals surface area contributed by atoms with Crippen LogP contribution in [0.25, 0.3) is 0 Å². The minimum atomic E-state index is -6.31. The van der Waals surface area contributed by atoms with Gasteiger partial charge in [0.15, 0.2) is 0 Å². The monoisotopic (exact) mass is 528 g/mol. The second-order valence-electron chi connectivity index (χ2n) is 9.24. The average Bonchev–Trinajstić information content (AvgIpc) is 3.16. The molecule has 2 rings (SSSR count). The van der Waals surface area contributed by atoms with Crippen LogP contribution in [-0.4, -0.2) is 58.3 Å². The first-order chi connectivity index (χ1) is 15.0. The number of alkyl halides is 12. The van der Waals surface area contributed by atoms with Gasteiger partial charge in [0, 0.05) is 0 Å². The zero-order valence-electron chi connectivity index (χ0n) is 17.8. The summed E-state index contributed by atoms with van der Waals surface area (Å²) in [5, 5.41) is 19.2. The van der Waals surface area contributed by atoms with Gasteiger partial charge in [-0.25, -0.2) is 0 Å². The van der Waals surface area contributed by atoms with Crippen LogP contribution in [0.1, 0.15) is 46.0 Å². The number of fused-ring (bicyclic) bond motifs is 2. The van der Waals surface area contributed by atoms with E-state index in [9.17, 15) is 62.9 Å². The first-order valence-corrected chi connectivity index (χ1v) is 10.4. The maximum absolute atomic E-state index is 13.3. The topological polar surface area (TPSA) is 49.7 Å². The maximum atomic E-state index is 13.3. The molecule has 0 radical (unpaired) electrons. The van der Waals surface area contributed by atoms with Crippen LogP contribution in [0.3, 0.4) is 0 Å². The van der Waals surface area contributed by atoms with Crippen molar-refractivity contribution in [3.05, 3.63) is 0 Å². The van der Waals surface area contributed by atoms with Crippen LogP contribution in [0.5, 0.6) is 0 Å². The summed E-state index contributed by atoms with van der Waals surface area (Å²) in [7, 11) is 0. The molecule has 3 nitrogen and oxygen atoms in total. The summed E-state index contributed by atoms with van der Waals surface area (Å²) >= 11 is 0. The number of halogens is 12. The zero-order valence-corrected chi connectivity index (χ0v) is 17.8. The van der Waals surface area contributed by atoms with Crippen LogP contribution in [0.15, 0.2) is 0 Å². The van der Waals surface area contributed by atoms with Crippen LogP contribution in [0, 0.1) is 23.7 Å². The van der Waals surface area contributed by atoms with Crippen molar-refractivity contribution >= 4 is 0 Å². The van der Waals surface area contributed by atoms with E-state index in [2.05, 4.69) is 0 Å². The number of aliphatic hydroxyl groups is 2. The molecule has 6 atom stereocenters. The van der Waals surface area contributed by atoms with E-state index in [1.54, 1.807) is 6.92 Å². The van der Waals surface area contributed by atoms with Crippen molar-refractivity contribution in [1.82, 2.24) is 0 Å². The van der Waals surface area contributed by atoms with Crippen LogP contribution >= 0.6 is 0 Å². The summed E-state index contributed by atoms with van der Waals surface area (Å²) in [5.74, 6) is -6.57. The smallest absolute Gasteiger partial charge is 0.375 e. The van der Waals surface area contributed by atoms with Gasteiger partial charge in [0.05, 0.1) is 12.2 Å². The molecule has 2 fully saturated rings. The lowest BCUT2D eigenvalue weighted by molar-refractivity contribution is -0.381. The standard InChI is InChI=1S/C19H24F12O3/c1-3-8(2)34-13-5-9-4-10(13)12(7-15(33,18(26,27)28)19(29,30)31)11(9)6-14(32,16(20,21)22)17(23,24)25/h8-13,32-33H,3-7H2,1-2H3. The number of rotatable bonds is 7. The zero-order chi connectivity index (χ0) is 26.7. The van der Waals surface area contributed by atoms with E-state index in [0.717, 1.165) is 0 Å². The fourth-order valence-corrected chi connectivity index (χ4v) is 5.18. The highest BCUT2D eigenvalue weighted by Gasteiger charge is 2.75. The van der Waals surface area contributed by atoms with Gasteiger partial charge in [0.1, 0.15) is 0 Å². The molecule has 0 spiro atoms. The number of hydrogen-bond acceptors (Lipinski definition) is 3. The fourth-order valence-electron chi connectivity index (χ4n) is 5.18. The third-order valence-electron chi connectivity index (χ3n) is 7.21. The highest BCUT2D eigenvalue weighted by atomic mass is 19.4. The van der Waals surface area contributed by atoms with E-state index >= 15 is 0 Å². The molecule has 0 saturated heterocycles. The Morgan fingerprint density at radius 1 is 0.706 bits per heavy atom. The normalized spacial score (nSPS) is 30.2. The lowest BCUT2D eigenvalue weighted by Gasteiger charge is -2.44. The Labute approximate surface area is 186 Å². The van der Waals surface area contributed by atoms with Crippen molar-refractivity contribution < 1.29 is 67.6 Å². The van der Waals surface area contributed by atoms with E-state index in [-0.39, 0.29) is 12.8 Å². The van der Waals surface area contributed by atoms with Crippen LogP contribution in [0.2, 0.25) is 0 Å². The molecule has 2 bridgehead atoms. The maximum Gasteiger partial charge on any atom is 0.426 e. The first-order valence-electron chi connectivity index (χ1n) is 10.4. The molecule has 2 aliphatic rings. The molecule has 6 unspecified atom stereocenters. The minimum absolute atomic E-state index is 0.196. The van der Waals surface area contributed by atoms with Crippen LogP contribution in [-0.2, 0) is 4.74 Å². The molecule has 0 amide bonds. The molecule has 2 N–H and O–H groups in total.